The van der Waals surface area contributed by atoms with Crippen molar-refractivity contribution in [2.45, 2.75) is 25.6 Å². The minimum Gasteiger partial charge on any atom is -0.394 e. The zero-order valence-corrected chi connectivity index (χ0v) is 7.55. The van der Waals surface area contributed by atoms with Crippen LogP contribution in [0.15, 0.2) is 0 Å². The lowest BCUT2D eigenvalue weighted by molar-refractivity contribution is 0.113. The van der Waals surface area contributed by atoms with Crippen molar-refractivity contribution in [3.63, 3.8) is 0 Å². The van der Waals surface area contributed by atoms with Gasteiger partial charge in [0.1, 0.15) is 0 Å². The number of rotatable bonds is 6. The van der Waals surface area contributed by atoms with Gasteiger partial charge in [0.25, 0.3) is 0 Å². The molecule has 0 aromatic rings. The molecule has 0 aromatic carbocycles. The highest BCUT2D eigenvalue weighted by Gasteiger charge is 2.01. The van der Waals surface area contributed by atoms with Gasteiger partial charge in [0.2, 0.25) is 0 Å². The highest BCUT2D eigenvalue weighted by atomic mass is 32.2. The Morgan fingerprint density at radius 3 is 2.45 bits per heavy atom. The van der Waals surface area contributed by atoms with Crippen molar-refractivity contribution < 1.29 is 15.3 Å². The lowest BCUT2D eigenvalue weighted by Gasteiger charge is -2.06. The topological polar surface area (TPSA) is 60.7 Å². The Balaban J connectivity index is 3.01. The average molecular weight is 180 g/mol. The molecule has 0 spiro atoms. The highest BCUT2D eigenvalue weighted by Crippen LogP contribution is 2.06. The van der Waals surface area contributed by atoms with Crippen LogP contribution in [0.25, 0.3) is 0 Å². The van der Waals surface area contributed by atoms with Crippen LogP contribution in [-0.4, -0.2) is 45.6 Å². The van der Waals surface area contributed by atoms with Gasteiger partial charge in [-0.1, -0.05) is 0 Å². The molecule has 0 saturated heterocycles. The Morgan fingerprint density at radius 1 is 1.36 bits per heavy atom. The molecule has 0 amide bonds. The molecule has 0 aliphatic heterocycles. The average Bonchev–Trinajstić information content (AvgIpc) is 1.97. The fraction of sp³-hybridized carbons (Fsp3) is 1.00. The number of thioether (sulfide) groups is 1. The minimum atomic E-state index is -0.617. The Morgan fingerprint density at radius 2 is 2.00 bits per heavy atom. The third kappa shape index (κ3) is 8.13. The molecule has 0 heterocycles. The summed E-state index contributed by atoms with van der Waals surface area (Å²) in [6, 6.07) is 0. The first-order valence-electron chi connectivity index (χ1n) is 3.71. The lowest BCUT2D eigenvalue weighted by Crippen LogP contribution is -2.15. The summed E-state index contributed by atoms with van der Waals surface area (Å²) < 4.78 is 0. The van der Waals surface area contributed by atoms with Crippen molar-refractivity contribution in [2.75, 3.05) is 18.1 Å². The number of aliphatic hydroxyl groups is 3. The van der Waals surface area contributed by atoms with Crippen LogP contribution in [0.5, 0.6) is 0 Å². The van der Waals surface area contributed by atoms with E-state index in [4.69, 9.17) is 15.3 Å². The van der Waals surface area contributed by atoms with Crippen LogP contribution >= 0.6 is 11.8 Å². The molecule has 0 rings (SSSR count). The number of aliphatic hydroxyl groups excluding tert-OH is 3. The summed E-state index contributed by atoms with van der Waals surface area (Å²) in [5.74, 6) is 1.37. The molecule has 0 aromatic heterocycles. The van der Waals surface area contributed by atoms with E-state index < -0.39 is 6.10 Å². The predicted octanol–water partition coefficient (Wildman–Crippen LogP) is -0.156. The van der Waals surface area contributed by atoms with Gasteiger partial charge in [-0.2, -0.15) is 11.8 Å². The molecule has 3 nitrogen and oxygen atoms in total. The van der Waals surface area contributed by atoms with E-state index >= 15 is 0 Å². The largest absolute Gasteiger partial charge is 0.394 e. The van der Waals surface area contributed by atoms with E-state index in [0.717, 1.165) is 12.2 Å². The summed E-state index contributed by atoms with van der Waals surface area (Å²) in [5.41, 5.74) is 0. The van der Waals surface area contributed by atoms with Crippen molar-refractivity contribution in [2.24, 2.45) is 0 Å². The summed E-state index contributed by atoms with van der Waals surface area (Å²) >= 11 is 1.54. The van der Waals surface area contributed by atoms with E-state index in [9.17, 15) is 0 Å². The maximum Gasteiger partial charge on any atom is 0.0861 e. The molecule has 2 unspecified atom stereocenters. The number of hydrogen-bond donors (Lipinski definition) is 3. The second kappa shape index (κ2) is 6.91. The maximum absolute atomic E-state index is 8.89. The van der Waals surface area contributed by atoms with Crippen LogP contribution in [0.4, 0.5) is 0 Å². The van der Waals surface area contributed by atoms with E-state index in [1.165, 1.54) is 0 Å². The van der Waals surface area contributed by atoms with Gasteiger partial charge >= 0.3 is 0 Å². The zero-order chi connectivity index (χ0) is 8.69. The van der Waals surface area contributed by atoms with E-state index in [1.807, 2.05) is 0 Å². The first-order valence-corrected chi connectivity index (χ1v) is 4.87. The molecule has 2 atom stereocenters. The normalized spacial score (nSPS) is 16.4. The molecule has 3 N–H and O–H groups in total. The lowest BCUT2D eigenvalue weighted by atomic mass is 10.3. The minimum absolute atomic E-state index is 0.179. The molecule has 0 saturated carbocycles. The maximum atomic E-state index is 8.89. The fourth-order valence-corrected chi connectivity index (χ4v) is 1.58. The van der Waals surface area contributed by atoms with E-state index in [1.54, 1.807) is 18.7 Å². The van der Waals surface area contributed by atoms with Crippen molar-refractivity contribution in [3.05, 3.63) is 0 Å². The van der Waals surface area contributed by atoms with Crippen LogP contribution in [-0.2, 0) is 0 Å². The Kier molecular flexibility index (Phi) is 7.06. The predicted molar refractivity (Wildman–Crippen MR) is 46.7 cm³/mol. The molecule has 11 heavy (non-hydrogen) atoms. The SMILES string of the molecule is CC(O)CCSCC(O)CO. The molecule has 0 bridgehead atoms. The van der Waals surface area contributed by atoms with Crippen molar-refractivity contribution in [1.29, 1.82) is 0 Å². The Bertz CT molecular complexity index is 87.8. The fourth-order valence-electron chi connectivity index (χ4n) is 0.526. The molecule has 0 fully saturated rings. The molecule has 0 aliphatic carbocycles. The smallest absolute Gasteiger partial charge is 0.0861 e. The van der Waals surface area contributed by atoms with E-state index in [0.29, 0.717) is 5.75 Å². The van der Waals surface area contributed by atoms with Crippen LogP contribution in [0, 0.1) is 0 Å². The standard InChI is InChI=1S/C7H16O3S/c1-6(9)2-3-11-5-7(10)4-8/h6-10H,2-5H2,1H3. The Hall–Kier alpha value is 0.230. The summed E-state index contributed by atoms with van der Waals surface area (Å²) in [6.07, 6.45) is -0.147. The zero-order valence-electron chi connectivity index (χ0n) is 6.73. The molecule has 68 valence electrons. The van der Waals surface area contributed by atoms with Crippen LogP contribution in [0.3, 0.4) is 0 Å². The summed E-state index contributed by atoms with van der Waals surface area (Å²) in [7, 11) is 0. The van der Waals surface area contributed by atoms with E-state index in [-0.39, 0.29) is 12.7 Å². The first-order chi connectivity index (χ1) is 5.16. The quantitative estimate of drug-likeness (QED) is 0.497. The van der Waals surface area contributed by atoms with Gasteiger partial charge in [-0.3, -0.25) is 0 Å². The molecule has 0 radical (unpaired) electrons. The van der Waals surface area contributed by atoms with Crippen LogP contribution in [0.1, 0.15) is 13.3 Å². The molecular weight excluding hydrogens is 164 g/mol. The van der Waals surface area contributed by atoms with Crippen LogP contribution < -0.4 is 0 Å². The van der Waals surface area contributed by atoms with Gasteiger partial charge in [-0.05, 0) is 19.1 Å². The monoisotopic (exact) mass is 180 g/mol. The third-order valence-corrected chi connectivity index (χ3v) is 2.35. The van der Waals surface area contributed by atoms with Crippen molar-refractivity contribution in [1.82, 2.24) is 0 Å². The molecular formula is C7H16O3S. The number of hydrogen-bond acceptors (Lipinski definition) is 4. The third-order valence-electron chi connectivity index (χ3n) is 1.20. The molecule has 0 aliphatic rings. The Labute approximate surface area is 71.4 Å². The first kappa shape index (κ1) is 11.2. The van der Waals surface area contributed by atoms with Gasteiger partial charge in [0.05, 0.1) is 18.8 Å². The summed E-state index contributed by atoms with van der Waals surface area (Å²) in [5, 5.41) is 26.2. The van der Waals surface area contributed by atoms with E-state index in [2.05, 4.69) is 0 Å². The second-order valence-electron chi connectivity index (χ2n) is 2.55. The summed E-state index contributed by atoms with van der Waals surface area (Å²) in [6.45, 7) is 1.56. The van der Waals surface area contributed by atoms with Gasteiger partial charge in [0.15, 0.2) is 0 Å². The summed E-state index contributed by atoms with van der Waals surface area (Å²) in [4.78, 5) is 0. The van der Waals surface area contributed by atoms with Crippen LogP contribution in [0.2, 0.25) is 0 Å². The molecule has 4 heteroatoms. The highest BCUT2D eigenvalue weighted by molar-refractivity contribution is 7.99. The second-order valence-corrected chi connectivity index (χ2v) is 3.70. The van der Waals surface area contributed by atoms with Crippen molar-refractivity contribution in [3.8, 4) is 0 Å². The van der Waals surface area contributed by atoms with Gasteiger partial charge in [-0.25, -0.2) is 0 Å². The van der Waals surface area contributed by atoms with Gasteiger partial charge in [0, 0.05) is 5.75 Å². The van der Waals surface area contributed by atoms with Gasteiger partial charge < -0.3 is 15.3 Å². The van der Waals surface area contributed by atoms with Crippen molar-refractivity contribution >= 4 is 11.8 Å². The van der Waals surface area contributed by atoms with Gasteiger partial charge in [-0.15, -0.1) is 0 Å².